The molecule has 0 aliphatic heterocycles. The third kappa shape index (κ3) is 2.41. The lowest BCUT2D eigenvalue weighted by Gasteiger charge is -2.16. The monoisotopic (exact) mass is 282 g/mol. The Morgan fingerprint density at radius 2 is 1.70 bits per heavy atom. The third-order valence-corrected chi connectivity index (χ3v) is 3.26. The summed E-state index contributed by atoms with van der Waals surface area (Å²) in [7, 11) is 1.52. The average molecular weight is 282 g/mol. The largest absolute Gasteiger partial charge is 0.417 e. The van der Waals surface area contributed by atoms with Gasteiger partial charge in [0.1, 0.15) is 0 Å². The van der Waals surface area contributed by atoms with Gasteiger partial charge in [-0.05, 0) is 30.7 Å². The van der Waals surface area contributed by atoms with E-state index in [0.717, 1.165) is 6.07 Å². The number of hydrogen-bond acceptors (Lipinski definition) is 2. The Hall–Kier alpha value is -2.24. The summed E-state index contributed by atoms with van der Waals surface area (Å²) in [4.78, 5) is 11.5. The molecule has 1 aromatic heterocycles. The van der Waals surface area contributed by atoms with Gasteiger partial charge >= 0.3 is 6.18 Å². The SMILES string of the molecule is Cc1c(-c2ccc(N)cc2C(F)(F)F)ccc(=O)n1C. The van der Waals surface area contributed by atoms with Crippen LogP contribution in [0.4, 0.5) is 18.9 Å². The smallest absolute Gasteiger partial charge is 0.399 e. The number of hydrogen-bond donors (Lipinski definition) is 1. The summed E-state index contributed by atoms with van der Waals surface area (Å²) in [6.07, 6.45) is -4.51. The molecule has 20 heavy (non-hydrogen) atoms. The van der Waals surface area contributed by atoms with E-state index in [9.17, 15) is 18.0 Å². The average Bonchev–Trinajstić information content (AvgIpc) is 2.36. The number of rotatable bonds is 1. The molecule has 0 radical (unpaired) electrons. The number of pyridine rings is 1. The fourth-order valence-corrected chi connectivity index (χ4v) is 2.05. The topological polar surface area (TPSA) is 48.0 Å². The third-order valence-electron chi connectivity index (χ3n) is 3.26. The molecule has 0 saturated carbocycles. The van der Waals surface area contributed by atoms with Gasteiger partial charge in [-0.3, -0.25) is 4.79 Å². The Bertz CT molecular complexity index is 717. The van der Waals surface area contributed by atoms with Gasteiger partial charge in [0.15, 0.2) is 0 Å². The molecule has 0 amide bonds. The molecule has 0 saturated heterocycles. The predicted octanol–water partition coefficient (Wildman–Crippen LogP) is 2.96. The zero-order valence-corrected chi connectivity index (χ0v) is 11.0. The van der Waals surface area contributed by atoms with Gasteiger partial charge in [0.2, 0.25) is 5.56 Å². The highest BCUT2D eigenvalue weighted by molar-refractivity contribution is 5.72. The summed E-state index contributed by atoms with van der Waals surface area (Å²) in [6.45, 7) is 1.60. The van der Waals surface area contributed by atoms with Gasteiger partial charge in [-0.1, -0.05) is 6.07 Å². The summed E-state index contributed by atoms with van der Waals surface area (Å²) < 4.78 is 40.6. The van der Waals surface area contributed by atoms with E-state index < -0.39 is 11.7 Å². The zero-order valence-electron chi connectivity index (χ0n) is 11.0. The highest BCUT2D eigenvalue weighted by Gasteiger charge is 2.34. The lowest BCUT2D eigenvalue weighted by molar-refractivity contribution is -0.137. The van der Waals surface area contributed by atoms with Gasteiger partial charge in [0, 0.05) is 30.1 Å². The van der Waals surface area contributed by atoms with Crippen LogP contribution in [0.2, 0.25) is 0 Å². The van der Waals surface area contributed by atoms with E-state index in [0.29, 0.717) is 11.3 Å². The molecule has 2 N–H and O–H groups in total. The first-order chi connectivity index (χ1) is 9.21. The van der Waals surface area contributed by atoms with Crippen molar-refractivity contribution in [1.82, 2.24) is 4.57 Å². The molecule has 6 heteroatoms. The van der Waals surface area contributed by atoms with Crippen LogP contribution in [0.25, 0.3) is 11.1 Å². The van der Waals surface area contributed by atoms with E-state index in [4.69, 9.17) is 5.73 Å². The number of halogens is 3. The molecule has 1 aromatic carbocycles. The van der Waals surface area contributed by atoms with Crippen molar-refractivity contribution < 1.29 is 13.2 Å². The van der Waals surface area contributed by atoms with Crippen LogP contribution in [0.3, 0.4) is 0 Å². The lowest BCUT2D eigenvalue weighted by atomic mass is 9.97. The summed E-state index contributed by atoms with van der Waals surface area (Å²) in [6, 6.07) is 6.29. The van der Waals surface area contributed by atoms with Gasteiger partial charge in [-0.2, -0.15) is 13.2 Å². The number of aromatic nitrogens is 1. The fourth-order valence-electron chi connectivity index (χ4n) is 2.05. The van der Waals surface area contributed by atoms with Crippen LogP contribution in [0, 0.1) is 6.92 Å². The van der Waals surface area contributed by atoms with E-state index >= 15 is 0 Å². The first-order valence-corrected chi connectivity index (χ1v) is 5.85. The predicted molar refractivity (Wildman–Crippen MR) is 71.3 cm³/mol. The maximum Gasteiger partial charge on any atom is 0.417 e. The molecule has 0 aliphatic carbocycles. The minimum Gasteiger partial charge on any atom is -0.399 e. The minimum atomic E-state index is -4.51. The summed E-state index contributed by atoms with van der Waals surface area (Å²) in [5.41, 5.74) is 5.25. The number of alkyl halides is 3. The number of nitrogen functional groups attached to an aromatic ring is 1. The van der Waals surface area contributed by atoms with Crippen LogP contribution in [0.5, 0.6) is 0 Å². The fraction of sp³-hybridized carbons (Fsp3) is 0.214. The second-order valence-electron chi connectivity index (χ2n) is 4.53. The van der Waals surface area contributed by atoms with E-state index in [2.05, 4.69) is 0 Å². The molecule has 0 atom stereocenters. The van der Waals surface area contributed by atoms with Gasteiger partial charge in [-0.25, -0.2) is 0 Å². The Morgan fingerprint density at radius 3 is 2.30 bits per heavy atom. The summed E-state index contributed by atoms with van der Waals surface area (Å²) in [5.74, 6) is 0. The highest BCUT2D eigenvalue weighted by atomic mass is 19.4. The Morgan fingerprint density at radius 1 is 1.10 bits per heavy atom. The van der Waals surface area contributed by atoms with Crippen molar-refractivity contribution in [3.05, 3.63) is 51.9 Å². The van der Waals surface area contributed by atoms with Crippen LogP contribution in [-0.4, -0.2) is 4.57 Å². The quantitative estimate of drug-likeness (QED) is 0.817. The van der Waals surface area contributed by atoms with Crippen LogP contribution in [0.15, 0.2) is 35.1 Å². The molecule has 0 spiro atoms. The van der Waals surface area contributed by atoms with Crippen molar-refractivity contribution in [1.29, 1.82) is 0 Å². The molecule has 106 valence electrons. The van der Waals surface area contributed by atoms with E-state index in [1.807, 2.05) is 0 Å². The second-order valence-corrected chi connectivity index (χ2v) is 4.53. The van der Waals surface area contributed by atoms with Crippen molar-refractivity contribution in [2.24, 2.45) is 7.05 Å². The van der Waals surface area contributed by atoms with Crippen LogP contribution in [0.1, 0.15) is 11.3 Å². The summed E-state index contributed by atoms with van der Waals surface area (Å²) >= 11 is 0. The minimum absolute atomic E-state index is 0.0137. The number of nitrogens with two attached hydrogens (primary N) is 1. The molecule has 1 heterocycles. The maximum absolute atomic E-state index is 13.1. The van der Waals surface area contributed by atoms with Gasteiger partial charge in [0.25, 0.3) is 0 Å². The molecule has 0 unspecified atom stereocenters. The van der Waals surface area contributed by atoms with Gasteiger partial charge in [0.05, 0.1) is 5.56 Å². The maximum atomic E-state index is 13.1. The van der Waals surface area contributed by atoms with Crippen molar-refractivity contribution in [3.63, 3.8) is 0 Å². The van der Waals surface area contributed by atoms with Gasteiger partial charge < -0.3 is 10.3 Å². The number of benzene rings is 1. The van der Waals surface area contributed by atoms with E-state index in [1.54, 1.807) is 6.92 Å². The molecule has 2 aromatic rings. The summed E-state index contributed by atoms with van der Waals surface area (Å²) in [5, 5.41) is 0. The van der Waals surface area contributed by atoms with Gasteiger partial charge in [-0.15, -0.1) is 0 Å². The zero-order chi connectivity index (χ0) is 15.1. The molecule has 0 bridgehead atoms. The number of anilines is 1. The Labute approximate surface area is 113 Å². The van der Waals surface area contributed by atoms with Crippen LogP contribution in [-0.2, 0) is 13.2 Å². The number of nitrogens with zero attached hydrogens (tertiary/aromatic N) is 1. The molecule has 3 nitrogen and oxygen atoms in total. The lowest BCUT2D eigenvalue weighted by Crippen LogP contribution is -2.18. The molecule has 0 fully saturated rings. The molecule has 0 aliphatic rings. The van der Waals surface area contributed by atoms with E-state index in [1.165, 1.54) is 35.9 Å². The van der Waals surface area contributed by atoms with Crippen molar-refractivity contribution in [2.75, 3.05) is 5.73 Å². The van der Waals surface area contributed by atoms with Crippen molar-refractivity contribution in [3.8, 4) is 11.1 Å². The normalized spacial score (nSPS) is 11.7. The van der Waals surface area contributed by atoms with Crippen LogP contribution < -0.4 is 11.3 Å². The highest BCUT2D eigenvalue weighted by Crippen LogP contribution is 2.38. The van der Waals surface area contributed by atoms with Crippen molar-refractivity contribution >= 4 is 5.69 Å². The molecular weight excluding hydrogens is 269 g/mol. The Balaban J connectivity index is 2.77. The van der Waals surface area contributed by atoms with Crippen molar-refractivity contribution in [2.45, 2.75) is 13.1 Å². The second kappa shape index (κ2) is 4.70. The van der Waals surface area contributed by atoms with Crippen LogP contribution >= 0.6 is 0 Å². The first-order valence-electron chi connectivity index (χ1n) is 5.85. The van der Waals surface area contributed by atoms with E-state index in [-0.39, 0.29) is 16.8 Å². The molecule has 2 rings (SSSR count). The Kier molecular flexibility index (Phi) is 3.33. The first kappa shape index (κ1) is 14.2. The molecular formula is C14H13F3N2O. The standard InChI is InChI=1S/C14H13F3N2O/c1-8-10(5-6-13(20)19(8)2)11-4-3-9(18)7-12(11)14(15,16)17/h3-7H,18H2,1-2H3.